The molecule has 0 saturated heterocycles. The van der Waals surface area contributed by atoms with Gasteiger partial charge in [-0.15, -0.1) is 0 Å². The number of benzene rings is 1. The first-order valence-corrected chi connectivity index (χ1v) is 8.16. The Kier molecular flexibility index (Phi) is 4.32. The minimum atomic E-state index is -0.141. The number of rotatable bonds is 4. The third-order valence-electron chi connectivity index (χ3n) is 4.45. The molecule has 1 aromatic carbocycles. The van der Waals surface area contributed by atoms with E-state index < -0.39 is 0 Å². The summed E-state index contributed by atoms with van der Waals surface area (Å²) >= 11 is 0. The van der Waals surface area contributed by atoms with Crippen molar-refractivity contribution >= 4 is 5.91 Å². The van der Waals surface area contributed by atoms with Crippen LogP contribution in [0.3, 0.4) is 0 Å². The van der Waals surface area contributed by atoms with Crippen molar-refractivity contribution in [3.63, 3.8) is 0 Å². The maximum absolute atomic E-state index is 12.3. The second-order valence-corrected chi connectivity index (χ2v) is 6.08. The Morgan fingerprint density at radius 1 is 1.18 bits per heavy atom. The Labute approximate surface area is 131 Å². The van der Waals surface area contributed by atoms with Crippen molar-refractivity contribution in [3.8, 4) is 0 Å². The van der Waals surface area contributed by atoms with Gasteiger partial charge in [-0.1, -0.05) is 25.1 Å². The molecular formula is C19H23NO2. The van der Waals surface area contributed by atoms with Crippen LogP contribution >= 0.6 is 0 Å². The van der Waals surface area contributed by atoms with Gasteiger partial charge in [-0.25, -0.2) is 0 Å². The van der Waals surface area contributed by atoms with Crippen molar-refractivity contribution in [2.24, 2.45) is 0 Å². The molecule has 1 atom stereocenters. The number of nitrogens with one attached hydrogen (secondary N) is 1. The van der Waals surface area contributed by atoms with Gasteiger partial charge in [0.2, 0.25) is 0 Å². The van der Waals surface area contributed by atoms with Crippen LogP contribution in [0.25, 0.3) is 0 Å². The molecule has 3 nitrogen and oxygen atoms in total. The molecule has 0 spiro atoms. The molecule has 0 aliphatic heterocycles. The number of furan rings is 1. The van der Waals surface area contributed by atoms with Crippen LogP contribution in [-0.2, 0) is 12.8 Å². The van der Waals surface area contributed by atoms with Gasteiger partial charge < -0.3 is 9.73 Å². The van der Waals surface area contributed by atoms with E-state index in [0.717, 1.165) is 18.6 Å². The second-order valence-electron chi connectivity index (χ2n) is 6.08. The molecule has 1 amide bonds. The lowest BCUT2D eigenvalue weighted by atomic mass is 9.89. The summed E-state index contributed by atoms with van der Waals surface area (Å²) in [5.41, 5.74) is 4.11. The third-order valence-corrected chi connectivity index (χ3v) is 4.45. The Hall–Kier alpha value is -2.03. The lowest BCUT2D eigenvalue weighted by Crippen LogP contribution is -2.28. The average Bonchev–Trinajstić information content (AvgIpc) is 2.98. The molecule has 1 aliphatic carbocycles. The fraction of sp³-hybridized carbons (Fsp3) is 0.421. The highest BCUT2D eigenvalue weighted by Crippen LogP contribution is 2.26. The van der Waals surface area contributed by atoms with Gasteiger partial charge >= 0.3 is 0 Å². The molecule has 3 rings (SSSR count). The van der Waals surface area contributed by atoms with Gasteiger partial charge in [0.05, 0.1) is 6.04 Å². The third kappa shape index (κ3) is 3.08. The number of amides is 1. The van der Waals surface area contributed by atoms with E-state index in [4.69, 9.17) is 4.42 Å². The van der Waals surface area contributed by atoms with Crippen LogP contribution < -0.4 is 5.32 Å². The van der Waals surface area contributed by atoms with E-state index in [1.165, 1.54) is 36.0 Å². The standard InChI is InChI=1S/C19H23NO2/c1-3-17(20-19(21)18-11-8-13(2)22-18)16-10-9-14-6-4-5-7-15(14)12-16/h8-12,17H,3-7H2,1-2H3,(H,20,21). The SMILES string of the molecule is CCC(NC(=O)c1ccc(C)o1)c1ccc2c(c1)CCCC2. The van der Waals surface area contributed by atoms with Crippen LogP contribution in [0.15, 0.2) is 34.7 Å². The number of hydrogen-bond donors (Lipinski definition) is 1. The van der Waals surface area contributed by atoms with Gasteiger partial charge in [0, 0.05) is 0 Å². The lowest BCUT2D eigenvalue weighted by Gasteiger charge is -2.21. The van der Waals surface area contributed by atoms with E-state index >= 15 is 0 Å². The Bertz CT molecular complexity index is 672. The quantitative estimate of drug-likeness (QED) is 0.911. The smallest absolute Gasteiger partial charge is 0.287 e. The minimum absolute atomic E-state index is 0.0325. The van der Waals surface area contributed by atoms with Crippen molar-refractivity contribution < 1.29 is 9.21 Å². The van der Waals surface area contributed by atoms with E-state index in [-0.39, 0.29) is 11.9 Å². The van der Waals surface area contributed by atoms with Gasteiger partial charge in [-0.05, 0) is 67.9 Å². The van der Waals surface area contributed by atoms with Gasteiger partial charge in [0.25, 0.3) is 5.91 Å². The fourth-order valence-corrected chi connectivity index (χ4v) is 3.18. The Balaban J connectivity index is 1.77. The van der Waals surface area contributed by atoms with Crippen molar-refractivity contribution in [1.29, 1.82) is 0 Å². The minimum Gasteiger partial charge on any atom is -0.456 e. The number of hydrogen-bond acceptors (Lipinski definition) is 2. The van der Waals surface area contributed by atoms with Crippen LogP contribution in [0.1, 0.15) is 65.2 Å². The van der Waals surface area contributed by atoms with Crippen molar-refractivity contribution in [2.45, 2.75) is 52.0 Å². The molecule has 1 aliphatic rings. The predicted octanol–water partition coefficient (Wildman–Crippen LogP) is 4.35. The summed E-state index contributed by atoms with van der Waals surface area (Å²) in [5.74, 6) is 0.999. The lowest BCUT2D eigenvalue weighted by molar-refractivity contribution is 0.0906. The Morgan fingerprint density at radius 2 is 1.95 bits per heavy atom. The van der Waals surface area contributed by atoms with E-state index in [9.17, 15) is 4.79 Å². The molecule has 0 bridgehead atoms. The molecule has 22 heavy (non-hydrogen) atoms. The van der Waals surface area contributed by atoms with Gasteiger partial charge in [0.15, 0.2) is 5.76 Å². The van der Waals surface area contributed by atoms with Crippen LogP contribution in [0.5, 0.6) is 0 Å². The van der Waals surface area contributed by atoms with Gasteiger partial charge in [-0.3, -0.25) is 4.79 Å². The summed E-state index contributed by atoms with van der Waals surface area (Å²) in [5, 5.41) is 3.09. The topological polar surface area (TPSA) is 42.2 Å². The van der Waals surface area contributed by atoms with E-state index in [2.05, 4.69) is 30.4 Å². The normalized spacial score (nSPS) is 15.2. The highest BCUT2D eigenvalue weighted by molar-refractivity contribution is 5.91. The maximum atomic E-state index is 12.3. The average molecular weight is 297 g/mol. The summed E-state index contributed by atoms with van der Waals surface area (Å²) in [4.78, 5) is 12.3. The summed E-state index contributed by atoms with van der Waals surface area (Å²) in [6.45, 7) is 3.94. The largest absolute Gasteiger partial charge is 0.456 e. The van der Waals surface area contributed by atoms with Crippen molar-refractivity contribution in [2.75, 3.05) is 0 Å². The highest BCUT2D eigenvalue weighted by Gasteiger charge is 2.18. The van der Waals surface area contributed by atoms with Crippen LogP contribution in [0.4, 0.5) is 0 Å². The molecule has 116 valence electrons. The summed E-state index contributed by atoms with van der Waals surface area (Å²) in [6.07, 6.45) is 5.77. The molecule has 1 N–H and O–H groups in total. The first kappa shape index (κ1) is 14.9. The monoisotopic (exact) mass is 297 g/mol. The van der Waals surface area contributed by atoms with Gasteiger partial charge in [-0.2, -0.15) is 0 Å². The highest BCUT2D eigenvalue weighted by atomic mass is 16.3. The summed E-state index contributed by atoms with van der Waals surface area (Å²) in [7, 11) is 0. The van der Waals surface area contributed by atoms with E-state index in [1.54, 1.807) is 6.07 Å². The van der Waals surface area contributed by atoms with Crippen LogP contribution in [-0.4, -0.2) is 5.91 Å². The molecule has 2 aromatic rings. The van der Waals surface area contributed by atoms with Gasteiger partial charge in [0.1, 0.15) is 5.76 Å². The van der Waals surface area contributed by atoms with Crippen LogP contribution in [0.2, 0.25) is 0 Å². The summed E-state index contributed by atoms with van der Waals surface area (Å²) < 4.78 is 5.41. The second kappa shape index (κ2) is 6.39. The zero-order valence-electron chi connectivity index (χ0n) is 13.3. The van der Waals surface area contributed by atoms with E-state index in [1.807, 2.05) is 13.0 Å². The van der Waals surface area contributed by atoms with E-state index in [0.29, 0.717) is 5.76 Å². The van der Waals surface area contributed by atoms with Crippen molar-refractivity contribution in [1.82, 2.24) is 5.32 Å². The first-order chi connectivity index (χ1) is 10.7. The molecule has 0 fully saturated rings. The first-order valence-electron chi connectivity index (χ1n) is 8.16. The molecule has 1 heterocycles. The Morgan fingerprint density at radius 3 is 2.64 bits per heavy atom. The number of fused-ring (bicyclic) bond motifs is 1. The number of aryl methyl sites for hydroxylation is 3. The molecular weight excluding hydrogens is 274 g/mol. The van der Waals surface area contributed by atoms with Crippen molar-refractivity contribution in [3.05, 3.63) is 58.5 Å². The van der Waals surface area contributed by atoms with Crippen LogP contribution in [0, 0.1) is 6.92 Å². The number of carbonyl (C=O) groups excluding carboxylic acids is 1. The molecule has 1 aromatic heterocycles. The predicted molar refractivity (Wildman–Crippen MR) is 87.0 cm³/mol. The molecule has 1 unspecified atom stereocenters. The molecule has 0 radical (unpaired) electrons. The number of carbonyl (C=O) groups is 1. The summed E-state index contributed by atoms with van der Waals surface area (Å²) in [6, 6.07) is 10.2. The molecule has 0 saturated carbocycles. The maximum Gasteiger partial charge on any atom is 0.287 e. The zero-order valence-corrected chi connectivity index (χ0v) is 13.3. The zero-order chi connectivity index (χ0) is 15.5. The molecule has 3 heteroatoms. The fourth-order valence-electron chi connectivity index (χ4n) is 3.18.